The van der Waals surface area contributed by atoms with E-state index in [1.54, 1.807) is 26.8 Å². The van der Waals surface area contributed by atoms with Crippen molar-refractivity contribution in [2.24, 2.45) is 0 Å². The highest BCUT2D eigenvalue weighted by Gasteiger charge is 2.15. The van der Waals surface area contributed by atoms with Crippen molar-refractivity contribution < 1.29 is 22.4 Å². The first kappa shape index (κ1) is 21.1. The molecular formula is C19H26N2O5S. The molecule has 0 saturated heterocycles. The van der Waals surface area contributed by atoms with Crippen molar-refractivity contribution in [3.63, 3.8) is 0 Å². The molecule has 0 spiro atoms. The van der Waals surface area contributed by atoms with Gasteiger partial charge in [0.25, 0.3) is 0 Å². The Kier molecular flexibility index (Phi) is 7.18. The van der Waals surface area contributed by atoms with E-state index in [4.69, 9.17) is 9.15 Å². The van der Waals surface area contributed by atoms with Crippen molar-refractivity contribution in [1.82, 2.24) is 10.0 Å². The summed E-state index contributed by atoms with van der Waals surface area (Å²) in [6, 6.07) is 8.94. The SMILES string of the molecule is COC(=O)c1cc(CNCc2ccc(CS(=O)(=O)NC(C)C)cc2)oc1C. The fourth-order valence-electron chi connectivity index (χ4n) is 2.65. The van der Waals surface area contributed by atoms with Crippen LogP contribution in [0, 0.1) is 6.92 Å². The Hall–Kier alpha value is -2.16. The van der Waals surface area contributed by atoms with Crippen LogP contribution in [0.4, 0.5) is 0 Å². The quantitative estimate of drug-likeness (QED) is 0.634. The first-order valence-electron chi connectivity index (χ1n) is 8.66. The molecule has 0 radical (unpaired) electrons. The molecule has 1 aromatic carbocycles. The van der Waals surface area contributed by atoms with Crippen molar-refractivity contribution in [3.05, 3.63) is 58.5 Å². The van der Waals surface area contributed by atoms with Gasteiger partial charge in [-0.2, -0.15) is 0 Å². The number of carbonyl (C=O) groups is 1. The number of methoxy groups -OCH3 is 1. The summed E-state index contributed by atoms with van der Waals surface area (Å²) in [6.07, 6.45) is 0. The average Bonchev–Trinajstić information content (AvgIpc) is 2.95. The van der Waals surface area contributed by atoms with Gasteiger partial charge in [0.1, 0.15) is 17.1 Å². The number of carbonyl (C=O) groups excluding carboxylic acids is 1. The molecule has 0 aliphatic heterocycles. The number of furan rings is 1. The maximum Gasteiger partial charge on any atom is 0.341 e. The summed E-state index contributed by atoms with van der Waals surface area (Å²) >= 11 is 0. The number of aryl methyl sites for hydroxylation is 1. The number of ether oxygens (including phenoxy) is 1. The minimum absolute atomic E-state index is 0.0408. The number of esters is 1. The van der Waals surface area contributed by atoms with Gasteiger partial charge in [0.2, 0.25) is 10.0 Å². The molecule has 0 unspecified atom stereocenters. The monoisotopic (exact) mass is 394 g/mol. The standard InChI is InChI=1S/C19H26N2O5S/c1-13(2)21-27(23,24)12-16-7-5-15(6-8-16)10-20-11-17-9-18(14(3)26-17)19(22)25-4/h5-9,13,20-21H,10-12H2,1-4H3. The predicted molar refractivity (Wildman–Crippen MR) is 103 cm³/mol. The summed E-state index contributed by atoms with van der Waals surface area (Å²) in [6.45, 7) is 6.36. The summed E-state index contributed by atoms with van der Waals surface area (Å²) < 4.78 is 36.7. The normalized spacial score (nSPS) is 11.7. The van der Waals surface area contributed by atoms with Gasteiger partial charge in [0, 0.05) is 12.6 Å². The largest absolute Gasteiger partial charge is 0.465 e. The zero-order valence-corrected chi connectivity index (χ0v) is 16.9. The third-order valence-corrected chi connectivity index (χ3v) is 5.34. The van der Waals surface area contributed by atoms with E-state index in [1.165, 1.54) is 7.11 Å². The molecular weight excluding hydrogens is 368 g/mol. The summed E-state index contributed by atoms with van der Waals surface area (Å²) in [5.74, 6) is 0.718. The Morgan fingerprint density at radius 1 is 1.15 bits per heavy atom. The second-order valence-electron chi connectivity index (χ2n) is 6.63. The molecule has 0 bridgehead atoms. The molecule has 0 amide bonds. The van der Waals surface area contributed by atoms with E-state index in [-0.39, 0.29) is 11.8 Å². The van der Waals surface area contributed by atoms with Gasteiger partial charge in [-0.05, 0) is 38.0 Å². The highest BCUT2D eigenvalue weighted by atomic mass is 32.2. The Morgan fingerprint density at radius 3 is 2.37 bits per heavy atom. The molecule has 7 nitrogen and oxygen atoms in total. The Balaban J connectivity index is 1.88. The number of rotatable bonds is 9. The molecule has 1 heterocycles. The molecule has 2 rings (SSSR count). The van der Waals surface area contributed by atoms with E-state index >= 15 is 0 Å². The smallest absolute Gasteiger partial charge is 0.341 e. The van der Waals surface area contributed by atoms with Gasteiger partial charge in [-0.3, -0.25) is 0 Å². The van der Waals surface area contributed by atoms with E-state index < -0.39 is 16.0 Å². The van der Waals surface area contributed by atoms with Crippen molar-refractivity contribution in [2.75, 3.05) is 7.11 Å². The lowest BCUT2D eigenvalue weighted by atomic mass is 10.1. The lowest BCUT2D eigenvalue weighted by Gasteiger charge is -2.10. The molecule has 0 aliphatic rings. The maximum atomic E-state index is 12.0. The van der Waals surface area contributed by atoms with Crippen molar-refractivity contribution >= 4 is 16.0 Å². The topological polar surface area (TPSA) is 97.6 Å². The summed E-state index contributed by atoms with van der Waals surface area (Å²) in [5.41, 5.74) is 2.18. The highest BCUT2D eigenvalue weighted by molar-refractivity contribution is 7.88. The lowest BCUT2D eigenvalue weighted by molar-refractivity contribution is 0.0599. The molecule has 0 aliphatic carbocycles. The highest BCUT2D eigenvalue weighted by Crippen LogP contribution is 2.16. The van der Waals surface area contributed by atoms with Gasteiger partial charge < -0.3 is 14.5 Å². The Labute approximate surface area is 160 Å². The third-order valence-electron chi connectivity index (χ3n) is 3.80. The van der Waals surface area contributed by atoms with Gasteiger partial charge in [-0.1, -0.05) is 24.3 Å². The minimum Gasteiger partial charge on any atom is -0.465 e. The van der Waals surface area contributed by atoms with Crippen LogP contribution in [0.1, 0.15) is 46.9 Å². The fourth-order valence-corrected chi connectivity index (χ4v) is 4.08. The van der Waals surface area contributed by atoms with Crippen LogP contribution in [0.25, 0.3) is 0 Å². The van der Waals surface area contributed by atoms with Crippen LogP contribution in [0.3, 0.4) is 0 Å². The van der Waals surface area contributed by atoms with E-state index in [9.17, 15) is 13.2 Å². The van der Waals surface area contributed by atoms with Crippen LogP contribution in [-0.4, -0.2) is 27.5 Å². The number of sulfonamides is 1. The van der Waals surface area contributed by atoms with E-state index in [0.29, 0.717) is 30.2 Å². The number of benzene rings is 1. The predicted octanol–water partition coefficient (Wildman–Crippen LogP) is 2.49. The van der Waals surface area contributed by atoms with Crippen LogP contribution in [0.15, 0.2) is 34.7 Å². The molecule has 0 atom stereocenters. The molecule has 148 valence electrons. The zero-order valence-electron chi connectivity index (χ0n) is 16.0. The Morgan fingerprint density at radius 2 is 1.78 bits per heavy atom. The second-order valence-corrected chi connectivity index (χ2v) is 8.38. The van der Waals surface area contributed by atoms with Crippen molar-refractivity contribution in [3.8, 4) is 0 Å². The van der Waals surface area contributed by atoms with Gasteiger partial charge in [-0.25, -0.2) is 17.9 Å². The third kappa shape index (κ3) is 6.50. The van der Waals surface area contributed by atoms with E-state index in [1.807, 2.05) is 24.3 Å². The fraction of sp³-hybridized carbons (Fsp3) is 0.421. The maximum absolute atomic E-state index is 12.0. The van der Waals surface area contributed by atoms with Crippen LogP contribution >= 0.6 is 0 Å². The van der Waals surface area contributed by atoms with E-state index in [0.717, 1.165) is 11.1 Å². The van der Waals surface area contributed by atoms with Gasteiger partial charge in [0.15, 0.2) is 0 Å². The average molecular weight is 394 g/mol. The molecule has 0 fully saturated rings. The van der Waals surface area contributed by atoms with Gasteiger partial charge in [0.05, 0.1) is 19.4 Å². The summed E-state index contributed by atoms with van der Waals surface area (Å²) in [4.78, 5) is 11.6. The van der Waals surface area contributed by atoms with Crippen molar-refractivity contribution in [2.45, 2.75) is 45.7 Å². The summed E-state index contributed by atoms with van der Waals surface area (Å²) in [5, 5.41) is 3.23. The second kappa shape index (κ2) is 9.16. The number of hydrogen-bond acceptors (Lipinski definition) is 6. The van der Waals surface area contributed by atoms with Crippen LogP contribution in [0.2, 0.25) is 0 Å². The number of nitrogens with one attached hydrogen (secondary N) is 2. The van der Waals surface area contributed by atoms with Crippen LogP contribution < -0.4 is 10.0 Å². The molecule has 1 aromatic heterocycles. The van der Waals surface area contributed by atoms with Gasteiger partial charge in [-0.15, -0.1) is 0 Å². The van der Waals surface area contributed by atoms with Crippen LogP contribution in [0.5, 0.6) is 0 Å². The molecule has 27 heavy (non-hydrogen) atoms. The van der Waals surface area contributed by atoms with Crippen molar-refractivity contribution in [1.29, 1.82) is 0 Å². The molecule has 8 heteroatoms. The molecule has 2 N–H and O–H groups in total. The van der Waals surface area contributed by atoms with Gasteiger partial charge >= 0.3 is 5.97 Å². The minimum atomic E-state index is -3.33. The molecule has 0 saturated carbocycles. The van der Waals surface area contributed by atoms with E-state index in [2.05, 4.69) is 10.0 Å². The lowest BCUT2D eigenvalue weighted by Crippen LogP contribution is -2.31. The first-order chi connectivity index (χ1) is 12.7. The number of hydrogen-bond donors (Lipinski definition) is 2. The Bertz CT molecular complexity index is 870. The van der Waals surface area contributed by atoms with Crippen LogP contribution in [-0.2, 0) is 33.6 Å². The zero-order chi connectivity index (χ0) is 20.0. The summed E-state index contributed by atoms with van der Waals surface area (Å²) in [7, 11) is -1.99. The first-order valence-corrected chi connectivity index (χ1v) is 10.3. The molecule has 2 aromatic rings.